The van der Waals surface area contributed by atoms with E-state index in [4.69, 9.17) is 9.15 Å². The minimum absolute atomic E-state index is 0.126. The van der Waals surface area contributed by atoms with Gasteiger partial charge in [0.15, 0.2) is 11.4 Å². The number of aromatic amines is 1. The van der Waals surface area contributed by atoms with Crippen LogP contribution in [0.15, 0.2) is 53.1 Å². The fourth-order valence-corrected chi connectivity index (χ4v) is 2.54. The van der Waals surface area contributed by atoms with Gasteiger partial charge >= 0.3 is 0 Å². The van der Waals surface area contributed by atoms with Crippen molar-refractivity contribution in [3.63, 3.8) is 0 Å². The number of furan rings is 1. The molecule has 0 radical (unpaired) electrons. The lowest BCUT2D eigenvalue weighted by Crippen LogP contribution is -2.11. The summed E-state index contributed by atoms with van der Waals surface area (Å²) in [5, 5.41) is 10.5. The summed E-state index contributed by atoms with van der Waals surface area (Å²) >= 11 is 0. The number of aryl methyl sites for hydroxylation is 1. The van der Waals surface area contributed by atoms with E-state index in [0.717, 1.165) is 11.1 Å². The van der Waals surface area contributed by atoms with Gasteiger partial charge in [0.1, 0.15) is 23.9 Å². The average molecular weight is 366 g/mol. The minimum atomic E-state index is -0.398. The van der Waals surface area contributed by atoms with E-state index in [-0.39, 0.29) is 18.2 Å². The zero-order valence-corrected chi connectivity index (χ0v) is 14.3. The lowest BCUT2D eigenvalue weighted by Gasteiger charge is -2.04. The van der Waals surface area contributed by atoms with E-state index in [1.54, 1.807) is 18.2 Å². The van der Waals surface area contributed by atoms with Crippen LogP contribution < -0.4 is 10.1 Å². The van der Waals surface area contributed by atoms with E-state index >= 15 is 0 Å². The Hall–Kier alpha value is -3.68. The molecule has 7 nitrogen and oxygen atoms in total. The van der Waals surface area contributed by atoms with E-state index in [9.17, 15) is 9.18 Å². The molecule has 4 rings (SSSR count). The highest BCUT2D eigenvalue weighted by Gasteiger charge is 2.13. The third-order valence-electron chi connectivity index (χ3n) is 3.94. The molecule has 2 N–H and O–H groups in total. The van der Waals surface area contributed by atoms with Crippen LogP contribution in [0.25, 0.3) is 11.0 Å². The van der Waals surface area contributed by atoms with Gasteiger partial charge in [-0.05, 0) is 49.4 Å². The number of carbonyl (C=O) groups is 1. The Labute approximate surface area is 153 Å². The van der Waals surface area contributed by atoms with Crippen LogP contribution in [0.2, 0.25) is 0 Å². The Bertz CT molecular complexity index is 1100. The first kappa shape index (κ1) is 16.8. The number of hydrogen-bond acceptors (Lipinski definition) is 5. The topological polar surface area (TPSA) is 93.0 Å². The van der Waals surface area contributed by atoms with Crippen molar-refractivity contribution in [2.45, 2.75) is 13.5 Å². The van der Waals surface area contributed by atoms with Crippen LogP contribution in [-0.4, -0.2) is 21.1 Å². The van der Waals surface area contributed by atoms with Crippen molar-refractivity contribution in [2.24, 2.45) is 0 Å². The zero-order valence-electron chi connectivity index (χ0n) is 14.3. The van der Waals surface area contributed by atoms with Crippen LogP contribution in [0.1, 0.15) is 22.0 Å². The molecule has 136 valence electrons. The molecular formula is C19H15FN4O3. The third kappa shape index (κ3) is 3.64. The first-order chi connectivity index (χ1) is 13.1. The molecule has 0 fully saturated rings. The van der Waals surface area contributed by atoms with Crippen LogP contribution in [0.5, 0.6) is 5.75 Å². The predicted molar refractivity (Wildman–Crippen MR) is 96.0 cm³/mol. The summed E-state index contributed by atoms with van der Waals surface area (Å²) in [6.45, 7) is 2.00. The number of rotatable bonds is 5. The largest absolute Gasteiger partial charge is 0.486 e. The van der Waals surface area contributed by atoms with Crippen LogP contribution in [0.4, 0.5) is 10.1 Å². The molecule has 0 bridgehead atoms. The number of halogens is 1. The molecule has 1 aromatic carbocycles. The van der Waals surface area contributed by atoms with Gasteiger partial charge in [-0.3, -0.25) is 9.89 Å². The highest BCUT2D eigenvalue weighted by atomic mass is 19.1. The second-order valence-electron chi connectivity index (χ2n) is 5.91. The molecule has 0 atom stereocenters. The van der Waals surface area contributed by atoms with Crippen molar-refractivity contribution in [1.29, 1.82) is 0 Å². The molecule has 0 spiro atoms. The van der Waals surface area contributed by atoms with Gasteiger partial charge < -0.3 is 14.5 Å². The summed E-state index contributed by atoms with van der Waals surface area (Å²) in [6, 6.07) is 10.7. The Balaban J connectivity index is 1.41. The standard InChI is InChI=1S/C19H15FN4O3/c1-11-16-8-13(9-21-18(16)24-23-11)22-19(25)17-7-6-15(27-17)10-26-14-4-2-12(20)3-5-14/h2-9H,10H2,1H3,(H,22,25)(H,21,23,24). The quantitative estimate of drug-likeness (QED) is 0.560. The molecular weight excluding hydrogens is 351 g/mol. The van der Waals surface area contributed by atoms with Gasteiger partial charge in [0.2, 0.25) is 0 Å². The minimum Gasteiger partial charge on any atom is -0.486 e. The summed E-state index contributed by atoms with van der Waals surface area (Å²) in [7, 11) is 0. The summed E-state index contributed by atoms with van der Waals surface area (Å²) in [6.07, 6.45) is 1.53. The molecule has 4 aromatic rings. The number of amides is 1. The van der Waals surface area contributed by atoms with Gasteiger partial charge in [-0.2, -0.15) is 5.10 Å². The molecule has 8 heteroatoms. The molecule has 1 amide bonds. The molecule has 0 aliphatic carbocycles. The van der Waals surface area contributed by atoms with Gasteiger partial charge in [-0.1, -0.05) is 0 Å². The van der Waals surface area contributed by atoms with E-state index in [0.29, 0.717) is 22.8 Å². The first-order valence-electron chi connectivity index (χ1n) is 8.17. The smallest absolute Gasteiger partial charge is 0.291 e. The number of nitrogens with one attached hydrogen (secondary N) is 2. The molecule has 0 saturated heterocycles. The monoisotopic (exact) mass is 366 g/mol. The number of ether oxygens (including phenoxy) is 1. The number of benzene rings is 1. The molecule has 27 heavy (non-hydrogen) atoms. The number of pyridine rings is 1. The fourth-order valence-electron chi connectivity index (χ4n) is 2.54. The highest BCUT2D eigenvalue weighted by molar-refractivity contribution is 6.03. The highest BCUT2D eigenvalue weighted by Crippen LogP contribution is 2.19. The zero-order chi connectivity index (χ0) is 18.8. The summed E-state index contributed by atoms with van der Waals surface area (Å²) < 4.78 is 23.9. The fraction of sp³-hybridized carbons (Fsp3) is 0.105. The van der Waals surface area contributed by atoms with Gasteiger partial charge in [0.05, 0.1) is 11.9 Å². The van der Waals surface area contributed by atoms with Crippen molar-refractivity contribution < 1.29 is 18.3 Å². The van der Waals surface area contributed by atoms with Crippen molar-refractivity contribution in [2.75, 3.05) is 5.32 Å². The molecule has 0 aliphatic heterocycles. The predicted octanol–water partition coefficient (Wildman–Crippen LogP) is 3.83. The number of H-pyrrole nitrogens is 1. The Kier molecular flexibility index (Phi) is 4.29. The second kappa shape index (κ2) is 6.91. The third-order valence-corrected chi connectivity index (χ3v) is 3.94. The average Bonchev–Trinajstić information content (AvgIpc) is 3.29. The lowest BCUT2D eigenvalue weighted by molar-refractivity contribution is 0.0992. The van der Waals surface area contributed by atoms with Gasteiger partial charge in [0.25, 0.3) is 5.91 Å². The first-order valence-corrected chi connectivity index (χ1v) is 8.17. The number of hydrogen-bond donors (Lipinski definition) is 2. The van der Waals surface area contributed by atoms with Gasteiger partial charge in [0, 0.05) is 11.1 Å². The Morgan fingerprint density at radius 2 is 2.07 bits per heavy atom. The molecule has 0 saturated carbocycles. The number of anilines is 1. The number of nitrogens with zero attached hydrogens (tertiary/aromatic N) is 2. The lowest BCUT2D eigenvalue weighted by atomic mass is 10.2. The number of aromatic nitrogens is 3. The molecule has 0 unspecified atom stereocenters. The van der Waals surface area contributed by atoms with E-state index in [1.807, 2.05) is 6.92 Å². The molecule has 3 heterocycles. The van der Waals surface area contributed by atoms with E-state index in [1.165, 1.54) is 30.5 Å². The van der Waals surface area contributed by atoms with Crippen molar-refractivity contribution in [1.82, 2.24) is 15.2 Å². The second-order valence-corrected chi connectivity index (χ2v) is 5.91. The summed E-state index contributed by atoms with van der Waals surface area (Å²) in [5.41, 5.74) is 1.99. The SMILES string of the molecule is Cc1[nH]nc2ncc(NC(=O)c3ccc(COc4ccc(F)cc4)o3)cc12. The van der Waals surface area contributed by atoms with E-state index < -0.39 is 5.91 Å². The molecule has 0 aliphatic rings. The Morgan fingerprint density at radius 3 is 2.89 bits per heavy atom. The summed E-state index contributed by atoms with van der Waals surface area (Å²) in [4.78, 5) is 16.5. The number of fused-ring (bicyclic) bond motifs is 1. The van der Waals surface area contributed by atoms with Crippen LogP contribution in [-0.2, 0) is 6.61 Å². The Morgan fingerprint density at radius 1 is 1.26 bits per heavy atom. The normalized spacial score (nSPS) is 10.9. The maximum atomic E-state index is 12.9. The maximum absolute atomic E-state index is 12.9. The van der Waals surface area contributed by atoms with Crippen molar-refractivity contribution in [3.05, 3.63) is 71.7 Å². The van der Waals surface area contributed by atoms with Crippen molar-refractivity contribution >= 4 is 22.6 Å². The summed E-state index contributed by atoms with van der Waals surface area (Å²) in [5.74, 6) is 0.400. The maximum Gasteiger partial charge on any atom is 0.291 e. The van der Waals surface area contributed by atoms with Gasteiger partial charge in [-0.15, -0.1) is 0 Å². The van der Waals surface area contributed by atoms with Gasteiger partial charge in [-0.25, -0.2) is 9.37 Å². The molecule has 3 aromatic heterocycles. The van der Waals surface area contributed by atoms with Crippen LogP contribution >= 0.6 is 0 Å². The van der Waals surface area contributed by atoms with Crippen molar-refractivity contribution in [3.8, 4) is 5.75 Å². The van der Waals surface area contributed by atoms with Crippen LogP contribution in [0, 0.1) is 12.7 Å². The van der Waals surface area contributed by atoms with Crippen LogP contribution in [0.3, 0.4) is 0 Å². The van der Waals surface area contributed by atoms with E-state index in [2.05, 4.69) is 20.5 Å². The number of carbonyl (C=O) groups excluding carboxylic acids is 1.